The standard InChI is InChI=1S/C10H19N/c1-4-5-11-7-10-8(2)6-9(10)3/h4-5,8-11H,6-7H2,1-3H3/b5-4-. The van der Waals surface area contributed by atoms with Crippen molar-refractivity contribution in [2.24, 2.45) is 17.8 Å². The zero-order valence-corrected chi connectivity index (χ0v) is 7.80. The normalized spacial score (nSPS) is 37.2. The van der Waals surface area contributed by atoms with E-state index in [9.17, 15) is 0 Å². The quantitative estimate of drug-likeness (QED) is 0.656. The second kappa shape index (κ2) is 3.80. The third kappa shape index (κ3) is 1.98. The van der Waals surface area contributed by atoms with Gasteiger partial charge in [-0.15, -0.1) is 0 Å². The summed E-state index contributed by atoms with van der Waals surface area (Å²) in [5, 5.41) is 3.32. The molecular formula is C10H19N. The van der Waals surface area contributed by atoms with Crippen molar-refractivity contribution in [1.29, 1.82) is 0 Å². The predicted molar refractivity (Wildman–Crippen MR) is 49.3 cm³/mol. The van der Waals surface area contributed by atoms with Gasteiger partial charge in [0.05, 0.1) is 0 Å². The predicted octanol–water partition coefficient (Wildman–Crippen LogP) is 2.40. The van der Waals surface area contributed by atoms with E-state index < -0.39 is 0 Å². The van der Waals surface area contributed by atoms with Crippen LogP contribution in [-0.2, 0) is 0 Å². The molecule has 1 aliphatic carbocycles. The molecule has 2 unspecified atom stereocenters. The zero-order chi connectivity index (χ0) is 8.27. The molecule has 0 saturated heterocycles. The second-order valence-electron chi connectivity index (χ2n) is 3.76. The van der Waals surface area contributed by atoms with Crippen molar-refractivity contribution in [1.82, 2.24) is 5.32 Å². The monoisotopic (exact) mass is 153 g/mol. The van der Waals surface area contributed by atoms with Crippen LogP contribution in [-0.4, -0.2) is 6.54 Å². The van der Waals surface area contributed by atoms with Crippen molar-refractivity contribution in [2.45, 2.75) is 27.2 Å². The van der Waals surface area contributed by atoms with E-state index in [0.29, 0.717) is 0 Å². The molecule has 2 atom stereocenters. The number of hydrogen-bond donors (Lipinski definition) is 1. The van der Waals surface area contributed by atoms with E-state index in [-0.39, 0.29) is 0 Å². The Kier molecular flexibility index (Phi) is 2.98. The van der Waals surface area contributed by atoms with E-state index in [0.717, 1.165) is 24.3 Å². The lowest BCUT2D eigenvalue weighted by Crippen LogP contribution is -2.39. The van der Waals surface area contributed by atoms with Crippen LogP contribution in [0.2, 0.25) is 0 Å². The molecule has 1 aliphatic rings. The summed E-state index contributed by atoms with van der Waals surface area (Å²) in [6.45, 7) is 7.90. The van der Waals surface area contributed by atoms with Gasteiger partial charge in [0, 0.05) is 6.54 Å². The summed E-state index contributed by atoms with van der Waals surface area (Å²) in [7, 11) is 0. The van der Waals surface area contributed by atoms with Crippen LogP contribution < -0.4 is 5.32 Å². The van der Waals surface area contributed by atoms with Crippen LogP contribution in [0.1, 0.15) is 27.2 Å². The van der Waals surface area contributed by atoms with E-state index in [1.54, 1.807) is 0 Å². The summed E-state index contributed by atoms with van der Waals surface area (Å²) in [6, 6.07) is 0. The fourth-order valence-electron chi connectivity index (χ4n) is 2.03. The molecule has 0 aromatic rings. The summed E-state index contributed by atoms with van der Waals surface area (Å²) >= 11 is 0. The van der Waals surface area contributed by atoms with Gasteiger partial charge in [0.15, 0.2) is 0 Å². The Balaban J connectivity index is 2.15. The third-order valence-electron chi connectivity index (χ3n) is 2.84. The summed E-state index contributed by atoms with van der Waals surface area (Å²) < 4.78 is 0. The SMILES string of the molecule is C/C=C\NCC1C(C)CC1C. The summed E-state index contributed by atoms with van der Waals surface area (Å²) in [5.41, 5.74) is 0. The van der Waals surface area contributed by atoms with Crippen LogP contribution >= 0.6 is 0 Å². The minimum Gasteiger partial charge on any atom is -0.391 e. The van der Waals surface area contributed by atoms with Crippen LogP contribution in [0.15, 0.2) is 12.3 Å². The highest BCUT2D eigenvalue weighted by Crippen LogP contribution is 2.38. The maximum absolute atomic E-state index is 3.32. The fourth-order valence-corrected chi connectivity index (χ4v) is 2.03. The van der Waals surface area contributed by atoms with Crippen molar-refractivity contribution < 1.29 is 0 Å². The van der Waals surface area contributed by atoms with E-state index >= 15 is 0 Å². The van der Waals surface area contributed by atoms with Gasteiger partial charge < -0.3 is 5.32 Å². The molecule has 0 spiro atoms. The number of nitrogens with one attached hydrogen (secondary N) is 1. The Morgan fingerprint density at radius 1 is 1.36 bits per heavy atom. The highest BCUT2D eigenvalue weighted by atomic mass is 14.8. The van der Waals surface area contributed by atoms with Gasteiger partial charge in [0.25, 0.3) is 0 Å². The lowest BCUT2D eigenvalue weighted by molar-refractivity contribution is 0.104. The molecule has 0 radical (unpaired) electrons. The smallest absolute Gasteiger partial charge is 0.0174 e. The first-order chi connectivity index (χ1) is 5.25. The van der Waals surface area contributed by atoms with Gasteiger partial charge in [-0.1, -0.05) is 19.9 Å². The molecule has 64 valence electrons. The minimum atomic E-state index is 0.909. The molecule has 11 heavy (non-hydrogen) atoms. The van der Waals surface area contributed by atoms with Crippen molar-refractivity contribution in [3.63, 3.8) is 0 Å². The van der Waals surface area contributed by atoms with Crippen LogP contribution in [0.25, 0.3) is 0 Å². The third-order valence-corrected chi connectivity index (χ3v) is 2.84. The lowest BCUT2D eigenvalue weighted by atomic mass is 9.66. The van der Waals surface area contributed by atoms with Gasteiger partial charge in [-0.3, -0.25) is 0 Å². The first-order valence-corrected chi connectivity index (χ1v) is 4.60. The average molecular weight is 153 g/mol. The van der Waals surface area contributed by atoms with E-state index in [1.807, 2.05) is 19.2 Å². The van der Waals surface area contributed by atoms with Gasteiger partial charge in [0.2, 0.25) is 0 Å². The van der Waals surface area contributed by atoms with E-state index in [4.69, 9.17) is 0 Å². The number of hydrogen-bond acceptors (Lipinski definition) is 1. The lowest BCUT2D eigenvalue weighted by Gasteiger charge is -2.41. The maximum Gasteiger partial charge on any atom is 0.0174 e. The molecule has 0 aliphatic heterocycles. The molecule has 1 N–H and O–H groups in total. The molecule has 0 amide bonds. The Morgan fingerprint density at radius 2 is 2.00 bits per heavy atom. The fraction of sp³-hybridized carbons (Fsp3) is 0.800. The molecule has 0 aromatic heterocycles. The van der Waals surface area contributed by atoms with E-state index in [2.05, 4.69) is 19.2 Å². The minimum absolute atomic E-state index is 0.909. The van der Waals surface area contributed by atoms with Crippen LogP contribution in [0.3, 0.4) is 0 Å². The number of rotatable bonds is 3. The van der Waals surface area contributed by atoms with Crippen LogP contribution in [0.5, 0.6) is 0 Å². The molecule has 1 rings (SSSR count). The summed E-state index contributed by atoms with van der Waals surface area (Å²) in [6.07, 6.45) is 5.51. The van der Waals surface area contributed by atoms with E-state index in [1.165, 1.54) is 6.42 Å². The first-order valence-electron chi connectivity index (χ1n) is 4.60. The molecule has 0 bridgehead atoms. The molecule has 1 nitrogen and oxygen atoms in total. The van der Waals surface area contributed by atoms with Gasteiger partial charge in [0.1, 0.15) is 0 Å². The van der Waals surface area contributed by atoms with Gasteiger partial charge in [-0.25, -0.2) is 0 Å². The number of allylic oxidation sites excluding steroid dienone is 1. The van der Waals surface area contributed by atoms with Crippen molar-refractivity contribution >= 4 is 0 Å². The molecule has 1 saturated carbocycles. The Labute approximate surface area is 69.9 Å². The molecule has 1 fully saturated rings. The Morgan fingerprint density at radius 3 is 2.45 bits per heavy atom. The van der Waals surface area contributed by atoms with Crippen molar-refractivity contribution in [3.05, 3.63) is 12.3 Å². The zero-order valence-electron chi connectivity index (χ0n) is 7.80. The molecular weight excluding hydrogens is 134 g/mol. The molecule has 0 aromatic carbocycles. The van der Waals surface area contributed by atoms with Gasteiger partial charge >= 0.3 is 0 Å². The van der Waals surface area contributed by atoms with Crippen molar-refractivity contribution in [2.75, 3.05) is 6.54 Å². The maximum atomic E-state index is 3.32. The summed E-state index contributed by atoms with van der Waals surface area (Å²) in [5.74, 6) is 2.77. The van der Waals surface area contributed by atoms with Crippen LogP contribution in [0.4, 0.5) is 0 Å². The van der Waals surface area contributed by atoms with Crippen molar-refractivity contribution in [3.8, 4) is 0 Å². The first kappa shape index (κ1) is 8.63. The highest BCUT2D eigenvalue weighted by Gasteiger charge is 2.33. The Bertz CT molecular complexity index is 132. The van der Waals surface area contributed by atoms with Crippen LogP contribution in [0, 0.1) is 17.8 Å². The largest absolute Gasteiger partial charge is 0.391 e. The average Bonchev–Trinajstić information content (AvgIpc) is 1.98. The highest BCUT2D eigenvalue weighted by molar-refractivity contribution is 4.87. The molecule has 1 heteroatoms. The van der Waals surface area contributed by atoms with Gasteiger partial charge in [-0.05, 0) is 37.3 Å². The second-order valence-corrected chi connectivity index (χ2v) is 3.76. The molecule has 0 heterocycles. The topological polar surface area (TPSA) is 12.0 Å². The Hall–Kier alpha value is -0.460. The summed E-state index contributed by atoms with van der Waals surface area (Å²) in [4.78, 5) is 0. The van der Waals surface area contributed by atoms with Gasteiger partial charge in [-0.2, -0.15) is 0 Å².